The molecule has 8 heteroatoms. The Balaban J connectivity index is 1.72. The van der Waals surface area contributed by atoms with E-state index in [2.05, 4.69) is 28.2 Å². The van der Waals surface area contributed by atoms with Crippen molar-refractivity contribution in [3.05, 3.63) is 62.5 Å². The van der Waals surface area contributed by atoms with E-state index in [4.69, 9.17) is 33.2 Å². The molecule has 0 unspecified atom stereocenters. The first-order valence-corrected chi connectivity index (χ1v) is 11.2. The normalized spacial score (nSPS) is 18.6. The van der Waals surface area contributed by atoms with Crippen LogP contribution in [-0.4, -0.2) is 28.1 Å². The van der Waals surface area contributed by atoms with E-state index in [0.29, 0.717) is 15.7 Å². The van der Waals surface area contributed by atoms with Gasteiger partial charge in [0.2, 0.25) is 5.91 Å². The first-order valence-electron chi connectivity index (χ1n) is 8.63. The highest BCUT2D eigenvalue weighted by molar-refractivity contribution is 9.10. The van der Waals surface area contributed by atoms with Gasteiger partial charge in [0, 0.05) is 25.8 Å². The van der Waals surface area contributed by atoms with Crippen molar-refractivity contribution in [1.82, 2.24) is 0 Å². The predicted octanol–water partition coefficient (Wildman–Crippen LogP) is 6.46. The van der Waals surface area contributed by atoms with Gasteiger partial charge in [0.15, 0.2) is 0 Å². The molecule has 1 N–H and O–H groups in total. The van der Waals surface area contributed by atoms with Gasteiger partial charge in [-0.25, -0.2) is 4.99 Å². The highest BCUT2D eigenvalue weighted by Crippen LogP contribution is 2.30. The summed E-state index contributed by atoms with van der Waals surface area (Å²) >= 11 is 16.8. The average molecular weight is 499 g/mol. The van der Waals surface area contributed by atoms with Crippen molar-refractivity contribution in [1.29, 1.82) is 0 Å². The Kier molecular flexibility index (Phi) is 6.86. The maximum absolute atomic E-state index is 12.4. The zero-order valence-electron chi connectivity index (χ0n) is 15.3. The van der Waals surface area contributed by atoms with Gasteiger partial charge in [-0.1, -0.05) is 70.0 Å². The number of thioether (sulfide) groups is 1. The SMILES string of the molecule is CC[C@@]1(C)N=C(SCC(=O)Nc2cc(Cl)cc(Cl)c2)C(c2ccc(Br)cc2)=N1. The first-order chi connectivity index (χ1) is 13.3. The summed E-state index contributed by atoms with van der Waals surface area (Å²) in [4.78, 5) is 22.0. The van der Waals surface area contributed by atoms with E-state index in [1.165, 1.54) is 11.8 Å². The number of hydrogen-bond donors (Lipinski definition) is 1. The predicted molar refractivity (Wildman–Crippen MR) is 124 cm³/mol. The fraction of sp³-hybridized carbons (Fsp3) is 0.250. The van der Waals surface area contributed by atoms with Gasteiger partial charge in [-0.3, -0.25) is 9.79 Å². The molecule has 3 rings (SSSR count). The lowest BCUT2D eigenvalue weighted by molar-refractivity contribution is -0.113. The van der Waals surface area contributed by atoms with Crippen molar-refractivity contribution >= 4 is 73.2 Å². The number of nitrogens with zero attached hydrogens (tertiary/aromatic N) is 2. The summed E-state index contributed by atoms with van der Waals surface area (Å²) in [5.74, 6) is 0.0458. The van der Waals surface area contributed by atoms with Crippen LogP contribution in [0.1, 0.15) is 25.8 Å². The molecule has 2 aromatic carbocycles. The molecule has 0 saturated heterocycles. The number of amides is 1. The van der Waals surface area contributed by atoms with Gasteiger partial charge in [0.25, 0.3) is 0 Å². The molecule has 0 saturated carbocycles. The molecule has 1 aliphatic rings. The summed E-state index contributed by atoms with van der Waals surface area (Å²) in [6, 6.07) is 12.9. The van der Waals surface area contributed by atoms with Gasteiger partial charge in [0.1, 0.15) is 10.7 Å². The average Bonchev–Trinajstić information content (AvgIpc) is 2.97. The van der Waals surface area contributed by atoms with Crippen LogP contribution in [-0.2, 0) is 4.79 Å². The Morgan fingerprint density at radius 2 is 1.79 bits per heavy atom. The zero-order chi connectivity index (χ0) is 20.3. The molecule has 0 spiro atoms. The van der Waals surface area contributed by atoms with Crippen LogP contribution in [0.3, 0.4) is 0 Å². The number of carbonyl (C=O) groups is 1. The molecule has 2 aromatic rings. The van der Waals surface area contributed by atoms with E-state index >= 15 is 0 Å². The first kappa shape index (κ1) is 21.4. The Morgan fingerprint density at radius 3 is 2.39 bits per heavy atom. The minimum Gasteiger partial charge on any atom is -0.325 e. The summed E-state index contributed by atoms with van der Waals surface area (Å²) in [5, 5.41) is 4.53. The molecule has 0 fully saturated rings. The van der Waals surface area contributed by atoms with E-state index in [1.807, 2.05) is 31.2 Å². The molecular weight excluding hydrogens is 481 g/mol. The number of nitrogens with one attached hydrogen (secondary N) is 1. The second-order valence-corrected chi connectivity index (χ2v) is 9.20. The summed E-state index contributed by atoms with van der Waals surface area (Å²) in [6.07, 6.45) is 0.782. The third-order valence-corrected chi connectivity index (χ3v) is 6.10. The molecule has 0 radical (unpaired) electrons. The van der Waals surface area contributed by atoms with Gasteiger partial charge in [-0.2, -0.15) is 0 Å². The van der Waals surface area contributed by atoms with Gasteiger partial charge in [-0.15, -0.1) is 0 Å². The van der Waals surface area contributed by atoms with Crippen LogP contribution in [0.25, 0.3) is 0 Å². The Morgan fingerprint density at radius 1 is 1.14 bits per heavy atom. The molecule has 1 atom stereocenters. The topological polar surface area (TPSA) is 53.8 Å². The number of aliphatic imine (C=N–C) groups is 2. The molecule has 28 heavy (non-hydrogen) atoms. The fourth-order valence-corrected chi connectivity index (χ4v) is 4.29. The monoisotopic (exact) mass is 497 g/mol. The quantitative estimate of drug-likeness (QED) is 0.514. The van der Waals surface area contributed by atoms with E-state index in [0.717, 1.165) is 27.2 Å². The number of benzene rings is 2. The number of halogens is 3. The van der Waals surface area contributed by atoms with E-state index < -0.39 is 5.66 Å². The van der Waals surface area contributed by atoms with Crippen molar-refractivity contribution in [3.8, 4) is 0 Å². The lowest BCUT2D eigenvalue weighted by atomic mass is 10.1. The smallest absolute Gasteiger partial charge is 0.234 e. The van der Waals surface area contributed by atoms with E-state index in [1.54, 1.807) is 18.2 Å². The fourth-order valence-electron chi connectivity index (χ4n) is 2.60. The summed E-state index contributed by atoms with van der Waals surface area (Å²) in [5.41, 5.74) is 1.87. The maximum Gasteiger partial charge on any atom is 0.234 e. The van der Waals surface area contributed by atoms with Crippen molar-refractivity contribution in [2.75, 3.05) is 11.1 Å². The zero-order valence-corrected chi connectivity index (χ0v) is 19.2. The Labute approximate surface area is 187 Å². The van der Waals surface area contributed by atoms with Crippen LogP contribution < -0.4 is 5.32 Å². The largest absolute Gasteiger partial charge is 0.325 e. The molecule has 0 bridgehead atoms. The highest BCUT2D eigenvalue weighted by atomic mass is 79.9. The second-order valence-electron chi connectivity index (χ2n) is 6.45. The van der Waals surface area contributed by atoms with Crippen molar-refractivity contribution < 1.29 is 4.79 Å². The van der Waals surface area contributed by atoms with E-state index in [-0.39, 0.29) is 11.7 Å². The van der Waals surface area contributed by atoms with Gasteiger partial charge in [-0.05, 0) is 43.7 Å². The Bertz CT molecular complexity index is 942. The lowest BCUT2D eigenvalue weighted by Gasteiger charge is -2.13. The van der Waals surface area contributed by atoms with Crippen LogP contribution in [0.4, 0.5) is 5.69 Å². The van der Waals surface area contributed by atoms with Gasteiger partial charge < -0.3 is 5.32 Å². The van der Waals surface area contributed by atoms with Crippen LogP contribution in [0, 0.1) is 0 Å². The molecule has 0 aliphatic carbocycles. The molecule has 146 valence electrons. The molecule has 1 amide bonds. The second kappa shape index (κ2) is 8.99. The number of anilines is 1. The molecular formula is C20H18BrCl2N3OS. The van der Waals surface area contributed by atoms with Gasteiger partial charge in [0.05, 0.1) is 11.5 Å². The van der Waals surface area contributed by atoms with Crippen molar-refractivity contribution in [3.63, 3.8) is 0 Å². The van der Waals surface area contributed by atoms with Crippen LogP contribution in [0.15, 0.2) is 56.9 Å². The minimum atomic E-state index is -0.498. The van der Waals surface area contributed by atoms with Crippen LogP contribution >= 0.6 is 50.9 Å². The lowest BCUT2D eigenvalue weighted by Crippen LogP contribution is -2.17. The number of hydrogen-bond acceptors (Lipinski definition) is 4. The molecule has 0 aromatic heterocycles. The standard InChI is InChI=1S/C20H18BrCl2N3OS/c1-3-20(2)25-18(12-4-6-13(21)7-5-12)19(26-20)28-11-17(27)24-16-9-14(22)8-15(23)10-16/h4-10H,3,11H2,1-2H3,(H,24,27)/t20-/m1/s1. The highest BCUT2D eigenvalue weighted by Gasteiger charge is 2.31. The van der Waals surface area contributed by atoms with Crippen molar-refractivity contribution in [2.45, 2.75) is 25.9 Å². The third kappa shape index (κ3) is 5.38. The number of carbonyl (C=O) groups excluding carboxylic acids is 1. The minimum absolute atomic E-state index is 0.161. The molecule has 1 heterocycles. The van der Waals surface area contributed by atoms with Crippen LogP contribution in [0.2, 0.25) is 10.0 Å². The molecule has 1 aliphatic heterocycles. The van der Waals surface area contributed by atoms with E-state index in [9.17, 15) is 4.79 Å². The third-order valence-electron chi connectivity index (χ3n) is 4.17. The maximum atomic E-state index is 12.4. The number of rotatable bonds is 5. The molecule has 4 nitrogen and oxygen atoms in total. The summed E-state index contributed by atoms with van der Waals surface area (Å²) in [6.45, 7) is 4.04. The Hall–Kier alpha value is -1.34. The van der Waals surface area contributed by atoms with Gasteiger partial charge >= 0.3 is 0 Å². The summed E-state index contributed by atoms with van der Waals surface area (Å²) < 4.78 is 0.999. The van der Waals surface area contributed by atoms with Crippen LogP contribution in [0.5, 0.6) is 0 Å². The summed E-state index contributed by atoms with van der Waals surface area (Å²) in [7, 11) is 0. The van der Waals surface area contributed by atoms with Crippen molar-refractivity contribution in [2.24, 2.45) is 9.98 Å².